The smallest absolute Gasteiger partial charge is 0.222 e. The highest BCUT2D eigenvalue weighted by molar-refractivity contribution is 6.63. The van der Waals surface area contributed by atoms with E-state index in [1.807, 2.05) is 7.05 Å². The van der Waals surface area contributed by atoms with E-state index in [9.17, 15) is 4.79 Å². The molecule has 0 bridgehead atoms. The van der Waals surface area contributed by atoms with Gasteiger partial charge in [0.15, 0.2) is 0 Å². The van der Waals surface area contributed by atoms with Crippen LogP contribution in [0.3, 0.4) is 0 Å². The summed E-state index contributed by atoms with van der Waals surface area (Å²) in [5.41, 5.74) is 5.57. The van der Waals surface area contributed by atoms with Crippen molar-refractivity contribution in [2.75, 3.05) is 20.1 Å². The number of carbonyl (C=O) groups is 1. The zero-order valence-electron chi connectivity index (χ0n) is 12.8. The van der Waals surface area contributed by atoms with Crippen LogP contribution >= 0.6 is 11.6 Å². The number of hydrogen-bond donors (Lipinski definition) is 0. The highest BCUT2D eigenvalue weighted by atomic mass is 35.5. The summed E-state index contributed by atoms with van der Waals surface area (Å²) in [7, 11) is 2.05. The Labute approximate surface area is 136 Å². The molecule has 3 heteroatoms. The summed E-state index contributed by atoms with van der Waals surface area (Å²) in [6.07, 6.45) is 1.47. The molecule has 0 unspecified atom stereocenters. The Morgan fingerprint density at radius 1 is 1.00 bits per heavy atom. The predicted octanol–water partition coefficient (Wildman–Crippen LogP) is 4.28. The number of halogens is 1. The standard InChI is InChI=1S/C19H20ClNO/c1-21(13-11-19(20)22)12-10-18-16-8-4-2-6-14(16)15-7-3-5-9-17(15)18/h2-9,18H,10-13H2,1H3. The van der Waals surface area contributed by atoms with E-state index < -0.39 is 0 Å². The van der Waals surface area contributed by atoms with Gasteiger partial charge in [-0.2, -0.15) is 0 Å². The molecule has 22 heavy (non-hydrogen) atoms. The maximum atomic E-state index is 10.9. The Morgan fingerprint density at radius 2 is 1.55 bits per heavy atom. The predicted molar refractivity (Wildman–Crippen MR) is 91.3 cm³/mol. The molecule has 1 aliphatic carbocycles. The van der Waals surface area contributed by atoms with Gasteiger partial charge in [-0.3, -0.25) is 4.79 Å². The quantitative estimate of drug-likeness (QED) is 0.742. The fourth-order valence-electron chi connectivity index (χ4n) is 3.31. The van der Waals surface area contributed by atoms with E-state index in [-0.39, 0.29) is 5.24 Å². The van der Waals surface area contributed by atoms with Crippen molar-refractivity contribution in [1.29, 1.82) is 0 Å². The van der Waals surface area contributed by atoms with Crippen LogP contribution in [0.5, 0.6) is 0 Å². The van der Waals surface area contributed by atoms with Crippen LogP contribution < -0.4 is 0 Å². The lowest BCUT2D eigenvalue weighted by Crippen LogP contribution is -2.23. The SMILES string of the molecule is CN(CCC(=O)Cl)CCC1c2ccccc2-c2ccccc21. The lowest BCUT2D eigenvalue weighted by Gasteiger charge is -2.19. The largest absolute Gasteiger partial charge is 0.306 e. The molecule has 1 aliphatic rings. The molecular weight excluding hydrogens is 294 g/mol. The third-order valence-electron chi connectivity index (χ3n) is 4.45. The molecule has 0 saturated carbocycles. The summed E-state index contributed by atoms with van der Waals surface area (Å²) in [6.45, 7) is 1.68. The maximum Gasteiger partial charge on any atom is 0.222 e. The number of hydrogen-bond acceptors (Lipinski definition) is 2. The molecular formula is C19H20ClNO. The molecule has 0 radical (unpaired) electrons. The number of benzene rings is 2. The summed E-state index contributed by atoms with van der Waals surface area (Å²) in [5, 5.41) is -0.261. The molecule has 0 fully saturated rings. The first-order chi connectivity index (χ1) is 10.7. The fourth-order valence-corrected chi connectivity index (χ4v) is 3.40. The molecule has 0 heterocycles. The van der Waals surface area contributed by atoms with Crippen molar-refractivity contribution < 1.29 is 4.79 Å². The average molecular weight is 314 g/mol. The summed E-state index contributed by atoms with van der Waals surface area (Å²) in [5.74, 6) is 0.446. The van der Waals surface area contributed by atoms with Crippen LogP contribution in [0, 0.1) is 0 Å². The Kier molecular flexibility index (Phi) is 4.60. The summed E-state index contributed by atoms with van der Waals surface area (Å²) >= 11 is 5.42. The molecule has 0 atom stereocenters. The maximum absolute atomic E-state index is 10.9. The minimum Gasteiger partial charge on any atom is -0.306 e. The van der Waals surface area contributed by atoms with Gasteiger partial charge in [0, 0.05) is 18.9 Å². The molecule has 2 nitrogen and oxygen atoms in total. The molecule has 0 aliphatic heterocycles. The highest BCUT2D eigenvalue weighted by Crippen LogP contribution is 2.45. The van der Waals surface area contributed by atoms with Crippen molar-refractivity contribution in [3.8, 4) is 11.1 Å². The van der Waals surface area contributed by atoms with Crippen LogP contribution in [-0.2, 0) is 4.79 Å². The molecule has 0 spiro atoms. The number of rotatable bonds is 6. The van der Waals surface area contributed by atoms with E-state index in [1.165, 1.54) is 22.3 Å². The van der Waals surface area contributed by atoms with Gasteiger partial charge in [-0.1, -0.05) is 48.5 Å². The lowest BCUT2D eigenvalue weighted by atomic mass is 9.93. The Morgan fingerprint density at radius 3 is 2.09 bits per heavy atom. The van der Waals surface area contributed by atoms with Gasteiger partial charge in [0.1, 0.15) is 0 Å². The second-order valence-corrected chi connectivity index (χ2v) is 6.35. The molecule has 3 rings (SSSR count). The van der Waals surface area contributed by atoms with E-state index in [1.54, 1.807) is 0 Å². The van der Waals surface area contributed by atoms with Gasteiger partial charge in [-0.15, -0.1) is 0 Å². The average Bonchev–Trinajstić information content (AvgIpc) is 2.85. The van der Waals surface area contributed by atoms with Gasteiger partial charge in [-0.25, -0.2) is 0 Å². The normalized spacial score (nSPS) is 13.2. The molecule has 0 saturated heterocycles. The van der Waals surface area contributed by atoms with Crippen LogP contribution in [-0.4, -0.2) is 30.3 Å². The van der Waals surface area contributed by atoms with Crippen LogP contribution in [0.4, 0.5) is 0 Å². The minimum atomic E-state index is -0.261. The topological polar surface area (TPSA) is 20.3 Å². The van der Waals surface area contributed by atoms with Gasteiger partial charge < -0.3 is 4.90 Å². The van der Waals surface area contributed by atoms with Gasteiger partial charge in [0.25, 0.3) is 0 Å². The van der Waals surface area contributed by atoms with E-state index in [2.05, 4.69) is 53.4 Å². The number of carbonyl (C=O) groups excluding carboxylic acids is 1. The molecule has 2 aromatic carbocycles. The van der Waals surface area contributed by atoms with Crippen molar-refractivity contribution in [3.05, 3.63) is 59.7 Å². The van der Waals surface area contributed by atoms with E-state index in [0.29, 0.717) is 12.3 Å². The zero-order chi connectivity index (χ0) is 15.5. The van der Waals surface area contributed by atoms with Crippen molar-refractivity contribution in [2.45, 2.75) is 18.8 Å². The first-order valence-electron chi connectivity index (χ1n) is 7.72. The van der Waals surface area contributed by atoms with Crippen LogP contribution in [0.2, 0.25) is 0 Å². The van der Waals surface area contributed by atoms with Crippen LogP contribution in [0.25, 0.3) is 11.1 Å². The minimum absolute atomic E-state index is 0.261. The first-order valence-corrected chi connectivity index (χ1v) is 8.09. The molecule has 114 valence electrons. The van der Waals surface area contributed by atoms with E-state index in [0.717, 1.165) is 19.5 Å². The molecule has 0 amide bonds. The summed E-state index contributed by atoms with van der Waals surface area (Å²) in [4.78, 5) is 13.1. The second-order valence-electron chi connectivity index (χ2n) is 5.92. The van der Waals surface area contributed by atoms with Gasteiger partial charge in [0.05, 0.1) is 0 Å². The Hall–Kier alpha value is -1.64. The van der Waals surface area contributed by atoms with Crippen molar-refractivity contribution in [3.63, 3.8) is 0 Å². The lowest BCUT2D eigenvalue weighted by molar-refractivity contribution is -0.111. The summed E-state index contributed by atoms with van der Waals surface area (Å²) in [6, 6.07) is 17.4. The Balaban J connectivity index is 1.75. The highest BCUT2D eigenvalue weighted by Gasteiger charge is 2.27. The van der Waals surface area contributed by atoms with E-state index >= 15 is 0 Å². The molecule has 2 aromatic rings. The first kappa shape index (κ1) is 15.3. The monoisotopic (exact) mass is 313 g/mol. The zero-order valence-corrected chi connectivity index (χ0v) is 13.5. The third kappa shape index (κ3) is 3.08. The van der Waals surface area contributed by atoms with Gasteiger partial charge >= 0.3 is 0 Å². The van der Waals surface area contributed by atoms with Crippen LogP contribution in [0.1, 0.15) is 29.9 Å². The fraction of sp³-hybridized carbons (Fsp3) is 0.316. The van der Waals surface area contributed by atoms with Gasteiger partial charge in [0.2, 0.25) is 5.24 Å². The van der Waals surface area contributed by atoms with Gasteiger partial charge in [-0.05, 0) is 53.9 Å². The van der Waals surface area contributed by atoms with E-state index in [4.69, 9.17) is 11.6 Å². The molecule has 0 N–H and O–H groups in total. The van der Waals surface area contributed by atoms with Crippen LogP contribution in [0.15, 0.2) is 48.5 Å². The van der Waals surface area contributed by atoms with Crippen molar-refractivity contribution >= 4 is 16.8 Å². The molecule has 0 aromatic heterocycles. The Bertz CT molecular complexity index is 637. The summed E-state index contributed by atoms with van der Waals surface area (Å²) < 4.78 is 0. The third-order valence-corrected chi connectivity index (χ3v) is 4.64. The number of nitrogens with zero attached hydrogens (tertiary/aromatic N) is 1. The van der Waals surface area contributed by atoms with Crippen molar-refractivity contribution in [1.82, 2.24) is 4.90 Å². The van der Waals surface area contributed by atoms with Crippen molar-refractivity contribution in [2.24, 2.45) is 0 Å². The number of fused-ring (bicyclic) bond motifs is 3. The second kappa shape index (κ2) is 6.64.